The van der Waals surface area contributed by atoms with Crippen molar-refractivity contribution in [1.82, 2.24) is 24.3 Å². The first kappa shape index (κ1) is 16.0. The van der Waals surface area contributed by atoms with Crippen LogP contribution < -0.4 is 5.32 Å². The third kappa shape index (κ3) is 3.06. The molecule has 1 N–H and O–H groups in total. The van der Waals surface area contributed by atoms with E-state index < -0.39 is 0 Å². The maximum absolute atomic E-state index is 12.7. The molecular weight excluding hydrogens is 328 g/mol. The monoisotopic (exact) mass is 346 g/mol. The molecule has 0 aliphatic rings. The van der Waals surface area contributed by atoms with E-state index in [4.69, 9.17) is 0 Å². The zero-order valence-electron chi connectivity index (χ0n) is 14.3. The molecule has 7 nitrogen and oxygen atoms in total. The molecule has 4 rings (SSSR count). The number of para-hydroxylation sites is 2. The molecule has 0 unspecified atom stereocenters. The number of hydrogen-bond acceptors (Lipinski definition) is 4. The maximum atomic E-state index is 12.7. The highest BCUT2D eigenvalue weighted by Crippen LogP contribution is 2.20. The van der Waals surface area contributed by atoms with Gasteiger partial charge in [0, 0.05) is 12.1 Å². The fourth-order valence-corrected chi connectivity index (χ4v) is 2.98. The highest BCUT2D eigenvalue weighted by molar-refractivity contribution is 6.04. The van der Waals surface area contributed by atoms with Crippen LogP contribution in [-0.4, -0.2) is 30.2 Å². The first-order valence-corrected chi connectivity index (χ1v) is 8.42. The van der Waals surface area contributed by atoms with Crippen LogP contribution in [0.1, 0.15) is 22.8 Å². The minimum Gasteiger partial charge on any atom is -0.310 e. The van der Waals surface area contributed by atoms with Crippen molar-refractivity contribution < 1.29 is 4.79 Å². The Morgan fingerprint density at radius 2 is 2.04 bits per heavy atom. The molecular formula is C19H18N6O. The second-order valence-corrected chi connectivity index (χ2v) is 5.92. The van der Waals surface area contributed by atoms with Crippen molar-refractivity contribution >= 4 is 22.9 Å². The van der Waals surface area contributed by atoms with Crippen molar-refractivity contribution in [1.29, 1.82) is 0 Å². The number of aryl methyl sites for hydroxylation is 1. The molecule has 0 aliphatic carbocycles. The van der Waals surface area contributed by atoms with Gasteiger partial charge in [-0.1, -0.05) is 24.3 Å². The molecule has 0 bridgehead atoms. The van der Waals surface area contributed by atoms with Crippen LogP contribution in [0.15, 0.2) is 61.2 Å². The summed E-state index contributed by atoms with van der Waals surface area (Å²) in [6, 6.07) is 15.3. The molecule has 0 saturated heterocycles. The topological polar surface area (TPSA) is 77.6 Å². The number of nitrogens with zero attached hydrogens (tertiary/aromatic N) is 5. The number of amides is 1. The van der Waals surface area contributed by atoms with Crippen LogP contribution in [0, 0.1) is 0 Å². The SMILES string of the molecule is CCn1c(NC(=O)c2cccc(Cn3cncn3)c2)nc2ccccc21. The number of anilines is 1. The molecule has 0 spiro atoms. The number of imidazole rings is 1. The van der Waals surface area contributed by atoms with E-state index >= 15 is 0 Å². The summed E-state index contributed by atoms with van der Waals surface area (Å²) >= 11 is 0. The summed E-state index contributed by atoms with van der Waals surface area (Å²) in [5.41, 5.74) is 3.43. The Bertz CT molecular complexity index is 1050. The highest BCUT2D eigenvalue weighted by Gasteiger charge is 2.13. The van der Waals surface area contributed by atoms with Crippen LogP contribution in [0.4, 0.5) is 5.95 Å². The first-order chi connectivity index (χ1) is 12.7. The molecule has 0 radical (unpaired) electrons. The number of benzene rings is 2. The zero-order chi connectivity index (χ0) is 17.9. The van der Waals surface area contributed by atoms with Crippen molar-refractivity contribution in [2.75, 3.05) is 5.32 Å². The molecule has 0 fully saturated rings. The predicted molar refractivity (Wildman–Crippen MR) is 98.9 cm³/mol. The van der Waals surface area contributed by atoms with Crippen molar-refractivity contribution in [3.63, 3.8) is 0 Å². The average Bonchev–Trinajstić information content (AvgIpc) is 3.28. The van der Waals surface area contributed by atoms with Gasteiger partial charge in [0.2, 0.25) is 5.95 Å². The van der Waals surface area contributed by atoms with Crippen LogP contribution in [0.2, 0.25) is 0 Å². The molecule has 7 heteroatoms. The fourth-order valence-electron chi connectivity index (χ4n) is 2.98. The summed E-state index contributed by atoms with van der Waals surface area (Å²) in [7, 11) is 0. The Labute approximate surface area is 150 Å². The number of carbonyl (C=O) groups is 1. The minimum atomic E-state index is -0.185. The number of rotatable bonds is 5. The van der Waals surface area contributed by atoms with Crippen molar-refractivity contribution in [2.24, 2.45) is 0 Å². The van der Waals surface area contributed by atoms with Gasteiger partial charge in [0.15, 0.2) is 0 Å². The summed E-state index contributed by atoms with van der Waals surface area (Å²) in [6.07, 6.45) is 3.14. The van der Waals surface area contributed by atoms with Gasteiger partial charge in [0.25, 0.3) is 5.91 Å². The summed E-state index contributed by atoms with van der Waals surface area (Å²) < 4.78 is 3.71. The van der Waals surface area contributed by atoms with Gasteiger partial charge in [-0.05, 0) is 36.8 Å². The Hall–Kier alpha value is -3.48. The third-order valence-electron chi connectivity index (χ3n) is 4.20. The predicted octanol–water partition coefficient (Wildman–Crippen LogP) is 2.95. The van der Waals surface area contributed by atoms with Crippen molar-refractivity contribution in [3.8, 4) is 0 Å². The lowest BCUT2D eigenvalue weighted by Crippen LogP contribution is -2.16. The smallest absolute Gasteiger partial charge is 0.257 e. The van der Waals surface area contributed by atoms with Crippen LogP contribution in [0.3, 0.4) is 0 Å². The molecule has 2 heterocycles. The van der Waals surface area contributed by atoms with Gasteiger partial charge < -0.3 is 4.57 Å². The molecule has 0 saturated carbocycles. The number of fused-ring (bicyclic) bond motifs is 1. The standard InChI is InChI=1S/C19H18N6O/c1-2-25-17-9-4-3-8-16(17)22-19(25)23-18(26)15-7-5-6-14(10-15)11-24-13-20-12-21-24/h3-10,12-13H,2,11H2,1H3,(H,22,23,26). The Kier molecular flexibility index (Phi) is 4.18. The molecule has 130 valence electrons. The molecule has 26 heavy (non-hydrogen) atoms. The highest BCUT2D eigenvalue weighted by atomic mass is 16.1. The van der Waals surface area contributed by atoms with Gasteiger partial charge in [0.1, 0.15) is 12.7 Å². The largest absolute Gasteiger partial charge is 0.310 e. The lowest BCUT2D eigenvalue weighted by Gasteiger charge is -2.09. The molecule has 1 amide bonds. The van der Waals surface area contributed by atoms with E-state index in [1.165, 1.54) is 6.33 Å². The summed E-state index contributed by atoms with van der Waals surface area (Å²) in [5.74, 6) is 0.371. The average molecular weight is 346 g/mol. The van der Waals surface area contributed by atoms with Crippen LogP contribution in [-0.2, 0) is 13.1 Å². The third-order valence-corrected chi connectivity index (χ3v) is 4.20. The van der Waals surface area contributed by atoms with E-state index in [1.807, 2.05) is 54.0 Å². The quantitative estimate of drug-likeness (QED) is 0.603. The first-order valence-electron chi connectivity index (χ1n) is 8.42. The van der Waals surface area contributed by atoms with Crippen molar-refractivity contribution in [2.45, 2.75) is 20.0 Å². The van der Waals surface area contributed by atoms with Gasteiger partial charge in [0.05, 0.1) is 17.6 Å². The lowest BCUT2D eigenvalue weighted by atomic mass is 10.1. The van der Waals surface area contributed by atoms with Crippen LogP contribution in [0.5, 0.6) is 0 Å². The van der Waals surface area contributed by atoms with E-state index in [0.717, 1.165) is 23.1 Å². The number of aromatic nitrogens is 5. The number of hydrogen-bond donors (Lipinski definition) is 1. The molecule has 0 atom stereocenters. The molecule has 2 aromatic heterocycles. The Balaban J connectivity index is 1.59. The van der Waals surface area contributed by atoms with Crippen LogP contribution >= 0.6 is 0 Å². The second kappa shape index (κ2) is 6.79. The molecule has 4 aromatic rings. The zero-order valence-corrected chi connectivity index (χ0v) is 14.3. The fraction of sp³-hybridized carbons (Fsp3) is 0.158. The lowest BCUT2D eigenvalue weighted by molar-refractivity contribution is 0.102. The summed E-state index contributed by atoms with van der Waals surface area (Å²) in [6.45, 7) is 3.32. The minimum absolute atomic E-state index is 0.185. The van der Waals surface area contributed by atoms with E-state index in [9.17, 15) is 4.79 Å². The number of carbonyl (C=O) groups excluding carboxylic acids is 1. The van der Waals surface area contributed by atoms with Gasteiger partial charge in [-0.3, -0.25) is 10.1 Å². The van der Waals surface area contributed by atoms with Gasteiger partial charge >= 0.3 is 0 Å². The van der Waals surface area contributed by atoms with E-state index in [0.29, 0.717) is 18.1 Å². The number of nitrogens with one attached hydrogen (secondary N) is 1. The van der Waals surface area contributed by atoms with Gasteiger partial charge in [-0.2, -0.15) is 5.10 Å². The second-order valence-electron chi connectivity index (χ2n) is 5.92. The molecule has 2 aromatic carbocycles. The van der Waals surface area contributed by atoms with Crippen LogP contribution in [0.25, 0.3) is 11.0 Å². The maximum Gasteiger partial charge on any atom is 0.257 e. The van der Waals surface area contributed by atoms with E-state index in [-0.39, 0.29) is 5.91 Å². The summed E-state index contributed by atoms with van der Waals surface area (Å²) in [4.78, 5) is 21.2. The van der Waals surface area contributed by atoms with E-state index in [2.05, 4.69) is 20.4 Å². The van der Waals surface area contributed by atoms with Gasteiger partial charge in [-0.15, -0.1) is 0 Å². The van der Waals surface area contributed by atoms with Crippen molar-refractivity contribution in [3.05, 3.63) is 72.3 Å². The van der Waals surface area contributed by atoms with E-state index in [1.54, 1.807) is 17.1 Å². The Morgan fingerprint density at radius 3 is 2.85 bits per heavy atom. The Morgan fingerprint density at radius 1 is 1.15 bits per heavy atom. The normalized spacial score (nSPS) is 11.0. The van der Waals surface area contributed by atoms with Gasteiger partial charge in [-0.25, -0.2) is 14.6 Å². The summed E-state index contributed by atoms with van der Waals surface area (Å²) in [5, 5.41) is 7.02. The molecule has 0 aliphatic heterocycles.